The van der Waals surface area contributed by atoms with Crippen LogP contribution < -0.4 is 16.2 Å². The fourth-order valence-corrected chi connectivity index (χ4v) is 1.18. The van der Waals surface area contributed by atoms with E-state index in [0.29, 0.717) is 29.9 Å². The van der Waals surface area contributed by atoms with Crippen molar-refractivity contribution in [2.45, 2.75) is 13.0 Å². The van der Waals surface area contributed by atoms with Gasteiger partial charge >= 0.3 is 0 Å². The third-order valence-corrected chi connectivity index (χ3v) is 1.82. The van der Waals surface area contributed by atoms with Crippen LogP contribution >= 0.6 is 0 Å². The lowest BCUT2D eigenvalue weighted by Crippen LogP contribution is -2.31. The SMILES string of the molecule is CC(O)CNc1ncnc2c1=NCN=2. The summed E-state index contributed by atoms with van der Waals surface area (Å²) in [5.74, 6) is 0.636. The van der Waals surface area contributed by atoms with Crippen molar-refractivity contribution in [2.24, 2.45) is 9.98 Å². The minimum atomic E-state index is -0.418. The van der Waals surface area contributed by atoms with Gasteiger partial charge in [-0.2, -0.15) is 0 Å². The van der Waals surface area contributed by atoms with Crippen molar-refractivity contribution in [1.29, 1.82) is 0 Å². The highest BCUT2D eigenvalue weighted by Crippen LogP contribution is 1.91. The summed E-state index contributed by atoms with van der Waals surface area (Å²) in [5, 5.41) is 12.8. The normalized spacial score (nSPS) is 15.3. The van der Waals surface area contributed by atoms with E-state index in [-0.39, 0.29) is 0 Å². The molecule has 14 heavy (non-hydrogen) atoms. The van der Waals surface area contributed by atoms with Crippen LogP contribution in [0.5, 0.6) is 0 Å². The summed E-state index contributed by atoms with van der Waals surface area (Å²) >= 11 is 0. The van der Waals surface area contributed by atoms with E-state index in [9.17, 15) is 0 Å². The molecule has 2 N–H and O–H groups in total. The molecule has 0 amide bonds. The molecule has 2 heterocycles. The van der Waals surface area contributed by atoms with Gasteiger partial charge in [-0.05, 0) is 6.92 Å². The number of hydrogen-bond acceptors (Lipinski definition) is 6. The minimum absolute atomic E-state index is 0.414. The Bertz CT molecular complexity index is 442. The van der Waals surface area contributed by atoms with Gasteiger partial charge in [-0.3, -0.25) is 4.99 Å². The van der Waals surface area contributed by atoms with Gasteiger partial charge in [0.15, 0.2) is 11.3 Å². The second kappa shape index (κ2) is 3.67. The van der Waals surface area contributed by atoms with Crippen LogP contribution in [0.15, 0.2) is 16.3 Å². The lowest BCUT2D eigenvalue weighted by molar-refractivity contribution is 0.208. The van der Waals surface area contributed by atoms with Crippen LogP contribution in [0.1, 0.15) is 6.92 Å². The van der Waals surface area contributed by atoms with Crippen molar-refractivity contribution in [3.05, 3.63) is 17.2 Å². The fraction of sp³-hybridized carbons (Fsp3) is 0.500. The number of nitrogens with zero attached hydrogens (tertiary/aromatic N) is 4. The fourth-order valence-electron chi connectivity index (χ4n) is 1.18. The molecular weight excluding hydrogens is 182 g/mol. The van der Waals surface area contributed by atoms with Gasteiger partial charge in [-0.25, -0.2) is 15.0 Å². The van der Waals surface area contributed by atoms with Gasteiger partial charge in [-0.15, -0.1) is 0 Å². The molecule has 1 aliphatic rings. The first-order valence-electron chi connectivity index (χ1n) is 4.39. The third-order valence-electron chi connectivity index (χ3n) is 1.82. The average Bonchev–Trinajstić information content (AvgIpc) is 2.62. The van der Waals surface area contributed by atoms with E-state index in [2.05, 4.69) is 25.3 Å². The van der Waals surface area contributed by atoms with Crippen molar-refractivity contribution in [3.63, 3.8) is 0 Å². The molecule has 1 aromatic heterocycles. The first-order chi connectivity index (χ1) is 6.77. The maximum atomic E-state index is 9.10. The molecule has 0 fully saturated rings. The molecule has 0 saturated heterocycles. The van der Waals surface area contributed by atoms with Crippen LogP contribution in [0.3, 0.4) is 0 Å². The van der Waals surface area contributed by atoms with Crippen molar-refractivity contribution in [3.8, 4) is 0 Å². The molecule has 1 atom stereocenters. The molecule has 0 saturated carbocycles. The van der Waals surface area contributed by atoms with Crippen molar-refractivity contribution < 1.29 is 5.11 Å². The van der Waals surface area contributed by atoms with E-state index in [4.69, 9.17) is 5.11 Å². The van der Waals surface area contributed by atoms with Gasteiger partial charge in [-0.1, -0.05) is 0 Å². The molecule has 74 valence electrons. The molecule has 6 heteroatoms. The molecule has 0 aromatic carbocycles. The largest absolute Gasteiger partial charge is 0.392 e. The molecule has 6 nitrogen and oxygen atoms in total. The monoisotopic (exact) mass is 193 g/mol. The highest BCUT2D eigenvalue weighted by atomic mass is 16.3. The number of hydrogen-bond donors (Lipinski definition) is 2. The molecule has 0 radical (unpaired) electrons. The summed E-state index contributed by atoms with van der Waals surface area (Å²) in [6.07, 6.45) is 1.02. The molecule has 0 spiro atoms. The maximum Gasteiger partial charge on any atom is 0.180 e. The average molecular weight is 193 g/mol. The van der Waals surface area contributed by atoms with Crippen LogP contribution in [0, 0.1) is 0 Å². The van der Waals surface area contributed by atoms with Crippen molar-refractivity contribution in [2.75, 3.05) is 18.5 Å². The summed E-state index contributed by atoms with van der Waals surface area (Å²) in [7, 11) is 0. The van der Waals surface area contributed by atoms with Gasteiger partial charge in [0.05, 0.1) is 6.10 Å². The Morgan fingerprint density at radius 1 is 1.50 bits per heavy atom. The Morgan fingerprint density at radius 3 is 3.14 bits per heavy atom. The van der Waals surface area contributed by atoms with Crippen LogP contribution in [0.25, 0.3) is 0 Å². The number of nitrogens with one attached hydrogen (secondary N) is 1. The molecular formula is C8H11N5O. The van der Waals surface area contributed by atoms with Crippen LogP contribution in [0.4, 0.5) is 5.82 Å². The summed E-state index contributed by atoms with van der Waals surface area (Å²) < 4.78 is 0. The zero-order valence-corrected chi connectivity index (χ0v) is 7.80. The van der Waals surface area contributed by atoms with Gasteiger partial charge < -0.3 is 10.4 Å². The Balaban J connectivity index is 2.28. The van der Waals surface area contributed by atoms with Crippen LogP contribution in [0.2, 0.25) is 0 Å². The maximum absolute atomic E-state index is 9.10. The molecule has 1 aliphatic heterocycles. The van der Waals surface area contributed by atoms with Crippen LogP contribution in [-0.2, 0) is 0 Å². The summed E-state index contributed by atoms with van der Waals surface area (Å²) in [4.78, 5) is 16.2. The first-order valence-corrected chi connectivity index (χ1v) is 4.39. The highest BCUT2D eigenvalue weighted by molar-refractivity contribution is 5.31. The summed E-state index contributed by atoms with van der Waals surface area (Å²) in [6.45, 7) is 2.56. The summed E-state index contributed by atoms with van der Waals surface area (Å²) in [5.41, 5.74) is 0.619. The Labute approximate surface area is 80.5 Å². The molecule has 1 unspecified atom stereocenters. The number of aliphatic hydroxyl groups is 1. The summed E-state index contributed by atoms with van der Waals surface area (Å²) in [6, 6.07) is 0. The standard InChI is InChI=1S/C8H11N5O/c1-5(14)2-9-7-6-8(11-3-10-6)13-4-12-7/h4-5,14H,2-3H2,1H3,(H,9,11,12,13). The minimum Gasteiger partial charge on any atom is -0.392 e. The molecule has 0 bridgehead atoms. The van der Waals surface area contributed by atoms with Gasteiger partial charge in [0.1, 0.15) is 18.4 Å². The second-order valence-electron chi connectivity index (χ2n) is 3.08. The number of aromatic nitrogens is 2. The van der Waals surface area contributed by atoms with Crippen molar-refractivity contribution >= 4 is 5.82 Å². The topological polar surface area (TPSA) is 82.8 Å². The lowest BCUT2D eigenvalue weighted by Gasteiger charge is -2.06. The second-order valence-corrected chi connectivity index (χ2v) is 3.08. The molecule has 2 rings (SSSR count). The van der Waals surface area contributed by atoms with E-state index in [1.807, 2.05) is 0 Å². The Kier molecular flexibility index (Phi) is 2.36. The number of rotatable bonds is 3. The van der Waals surface area contributed by atoms with E-state index in [1.165, 1.54) is 6.33 Å². The zero-order valence-electron chi connectivity index (χ0n) is 7.80. The van der Waals surface area contributed by atoms with Gasteiger partial charge in [0, 0.05) is 6.54 Å². The predicted octanol–water partition coefficient (Wildman–Crippen LogP) is -1.52. The van der Waals surface area contributed by atoms with Gasteiger partial charge in [0.25, 0.3) is 0 Å². The van der Waals surface area contributed by atoms with Gasteiger partial charge in [0.2, 0.25) is 0 Å². The third kappa shape index (κ3) is 1.69. The quantitative estimate of drug-likeness (QED) is 0.610. The van der Waals surface area contributed by atoms with E-state index in [0.717, 1.165) is 0 Å². The van der Waals surface area contributed by atoms with E-state index < -0.39 is 6.10 Å². The Hall–Kier alpha value is -1.56. The first kappa shape index (κ1) is 9.01. The van der Waals surface area contributed by atoms with E-state index in [1.54, 1.807) is 6.92 Å². The lowest BCUT2D eigenvalue weighted by atomic mass is 10.4. The number of aliphatic hydroxyl groups excluding tert-OH is 1. The predicted molar refractivity (Wildman–Crippen MR) is 49.4 cm³/mol. The number of anilines is 1. The molecule has 1 aromatic rings. The molecule has 0 aliphatic carbocycles. The van der Waals surface area contributed by atoms with Crippen molar-refractivity contribution in [1.82, 2.24) is 9.97 Å². The Morgan fingerprint density at radius 2 is 2.36 bits per heavy atom. The smallest absolute Gasteiger partial charge is 0.180 e. The zero-order chi connectivity index (χ0) is 9.97. The van der Waals surface area contributed by atoms with E-state index >= 15 is 0 Å². The number of fused-ring (bicyclic) bond motifs is 1. The highest BCUT2D eigenvalue weighted by Gasteiger charge is 2.05. The van der Waals surface area contributed by atoms with Crippen LogP contribution in [-0.4, -0.2) is 34.4 Å².